The molecule has 0 aromatic carbocycles. The number of imidazole rings is 1. The Morgan fingerprint density at radius 1 is 1.35 bits per heavy atom. The van der Waals surface area contributed by atoms with Crippen LogP contribution in [0.4, 0.5) is 4.79 Å². The lowest BCUT2D eigenvalue weighted by molar-refractivity contribution is 0.0176. The van der Waals surface area contributed by atoms with Crippen molar-refractivity contribution in [2.45, 2.75) is 70.9 Å². The summed E-state index contributed by atoms with van der Waals surface area (Å²) in [6, 6.07) is 0.103. The second-order valence-electron chi connectivity index (χ2n) is 7.93. The number of nitrogens with zero attached hydrogens (tertiary/aromatic N) is 4. The number of carbonyl (C=O) groups is 1. The Kier molecular flexibility index (Phi) is 5.02. The highest BCUT2D eigenvalue weighted by Gasteiger charge is 2.33. The Morgan fingerprint density at radius 2 is 2.12 bits per heavy atom. The third-order valence-electron chi connectivity index (χ3n) is 4.70. The van der Waals surface area contributed by atoms with Gasteiger partial charge in [-0.25, -0.2) is 9.78 Å². The zero-order valence-corrected chi connectivity index (χ0v) is 16.1. The first-order valence-electron chi connectivity index (χ1n) is 9.04. The molecule has 2 aromatic rings. The number of nitrogens with one attached hydrogen (secondary N) is 1. The van der Waals surface area contributed by atoms with E-state index in [4.69, 9.17) is 9.15 Å². The van der Waals surface area contributed by atoms with Crippen LogP contribution in [0.2, 0.25) is 0 Å². The molecule has 142 valence electrons. The molecule has 0 spiro atoms. The lowest BCUT2D eigenvalue weighted by Crippen LogP contribution is -2.42. The number of carbonyl (C=O) groups excluding carboxylic acids is 1. The Hall–Kier alpha value is -2.38. The summed E-state index contributed by atoms with van der Waals surface area (Å²) in [7, 11) is 1.80. The highest BCUT2D eigenvalue weighted by Crippen LogP contribution is 2.35. The molecule has 1 fully saturated rings. The van der Waals surface area contributed by atoms with Crippen molar-refractivity contribution in [1.82, 2.24) is 25.1 Å². The molecule has 0 radical (unpaired) electrons. The van der Waals surface area contributed by atoms with Gasteiger partial charge in [-0.2, -0.15) is 0 Å². The van der Waals surface area contributed by atoms with Crippen molar-refractivity contribution in [2.75, 3.05) is 7.05 Å². The SMILES string of the molecule is Cc1[nH]cnc1-c1nnc([C@H]2CCC[C@@H](N(C)C(=O)OC(C)(C)C)C2)o1. The van der Waals surface area contributed by atoms with Crippen LogP contribution in [-0.2, 0) is 4.74 Å². The smallest absolute Gasteiger partial charge is 0.410 e. The lowest BCUT2D eigenvalue weighted by atomic mass is 9.85. The van der Waals surface area contributed by atoms with Gasteiger partial charge in [0.1, 0.15) is 11.3 Å². The molecule has 2 aromatic heterocycles. The summed E-state index contributed by atoms with van der Waals surface area (Å²) in [6.07, 6.45) is 5.03. The predicted octanol–water partition coefficient (Wildman–Crippen LogP) is 3.66. The molecule has 0 unspecified atom stereocenters. The maximum absolute atomic E-state index is 12.3. The minimum absolute atomic E-state index is 0.103. The van der Waals surface area contributed by atoms with Gasteiger partial charge in [0.05, 0.1) is 6.33 Å². The van der Waals surface area contributed by atoms with Crippen molar-refractivity contribution in [1.29, 1.82) is 0 Å². The topological polar surface area (TPSA) is 97.1 Å². The number of H-pyrrole nitrogens is 1. The molecular weight excluding hydrogens is 334 g/mol. The van der Waals surface area contributed by atoms with Gasteiger partial charge < -0.3 is 19.0 Å². The molecule has 8 heteroatoms. The van der Waals surface area contributed by atoms with Crippen LogP contribution in [0.3, 0.4) is 0 Å². The van der Waals surface area contributed by atoms with Crippen molar-refractivity contribution in [2.24, 2.45) is 0 Å². The van der Waals surface area contributed by atoms with Gasteiger partial charge in [0.2, 0.25) is 5.89 Å². The highest BCUT2D eigenvalue weighted by molar-refractivity contribution is 5.68. The first kappa shape index (κ1) is 18.4. The van der Waals surface area contributed by atoms with Crippen molar-refractivity contribution in [3.8, 4) is 11.6 Å². The van der Waals surface area contributed by atoms with Gasteiger partial charge >= 0.3 is 6.09 Å². The van der Waals surface area contributed by atoms with E-state index in [9.17, 15) is 4.79 Å². The molecule has 2 atom stereocenters. The number of aromatic amines is 1. The van der Waals surface area contributed by atoms with Crippen LogP contribution in [0, 0.1) is 6.92 Å². The Balaban J connectivity index is 1.68. The molecule has 0 aliphatic heterocycles. The maximum atomic E-state index is 12.3. The van der Waals surface area contributed by atoms with Crippen LogP contribution in [-0.4, -0.2) is 49.8 Å². The number of aryl methyl sites for hydroxylation is 1. The summed E-state index contributed by atoms with van der Waals surface area (Å²) in [5, 5.41) is 8.37. The number of rotatable bonds is 3. The van der Waals surface area contributed by atoms with Crippen LogP contribution >= 0.6 is 0 Å². The molecule has 1 aliphatic carbocycles. The number of amides is 1. The van der Waals surface area contributed by atoms with E-state index < -0.39 is 5.60 Å². The molecule has 1 saturated carbocycles. The minimum atomic E-state index is -0.498. The first-order valence-corrected chi connectivity index (χ1v) is 9.04. The van der Waals surface area contributed by atoms with E-state index >= 15 is 0 Å². The summed E-state index contributed by atoms with van der Waals surface area (Å²) in [6.45, 7) is 7.54. The predicted molar refractivity (Wildman–Crippen MR) is 95.6 cm³/mol. The molecule has 0 saturated heterocycles. The fraction of sp³-hybridized carbons (Fsp3) is 0.667. The number of ether oxygens (including phenoxy) is 1. The van der Waals surface area contributed by atoms with Gasteiger partial charge in [-0.1, -0.05) is 6.42 Å². The molecule has 1 amide bonds. The molecule has 2 heterocycles. The third kappa shape index (κ3) is 4.05. The number of aromatic nitrogens is 4. The van der Waals surface area contributed by atoms with E-state index in [1.165, 1.54) is 0 Å². The summed E-state index contributed by atoms with van der Waals surface area (Å²) >= 11 is 0. The molecule has 26 heavy (non-hydrogen) atoms. The zero-order chi connectivity index (χ0) is 18.9. The molecule has 3 rings (SSSR count). The number of hydrogen-bond donors (Lipinski definition) is 1. The monoisotopic (exact) mass is 361 g/mol. The zero-order valence-electron chi connectivity index (χ0n) is 16.1. The summed E-state index contributed by atoms with van der Waals surface area (Å²) in [5.74, 6) is 1.19. The van der Waals surface area contributed by atoms with Crippen LogP contribution < -0.4 is 0 Å². The fourth-order valence-electron chi connectivity index (χ4n) is 3.29. The van der Waals surface area contributed by atoms with E-state index in [0.29, 0.717) is 17.5 Å². The molecule has 1 aliphatic rings. The lowest BCUT2D eigenvalue weighted by Gasteiger charge is -2.35. The highest BCUT2D eigenvalue weighted by atomic mass is 16.6. The Labute approximate surface area is 153 Å². The van der Waals surface area contributed by atoms with Crippen molar-refractivity contribution in [3.05, 3.63) is 17.9 Å². The van der Waals surface area contributed by atoms with Gasteiger partial charge in [-0.05, 0) is 47.0 Å². The average Bonchev–Trinajstić information content (AvgIpc) is 3.21. The maximum Gasteiger partial charge on any atom is 0.410 e. The van der Waals surface area contributed by atoms with Crippen molar-refractivity contribution in [3.63, 3.8) is 0 Å². The summed E-state index contributed by atoms with van der Waals surface area (Å²) in [4.78, 5) is 21.3. The van der Waals surface area contributed by atoms with Crippen LogP contribution in [0.25, 0.3) is 11.6 Å². The molecule has 0 bridgehead atoms. The van der Waals surface area contributed by atoms with Gasteiger partial charge in [-0.3, -0.25) is 0 Å². The van der Waals surface area contributed by atoms with Crippen LogP contribution in [0.5, 0.6) is 0 Å². The van der Waals surface area contributed by atoms with E-state index in [0.717, 1.165) is 31.4 Å². The van der Waals surface area contributed by atoms with Gasteiger partial charge in [-0.15, -0.1) is 10.2 Å². The average molecular weight is 361 g/mol. The number of hydrogen-bond acceptors (Lipinski definition) is 6. The quantitative estimate of drug-likeness (QED) is 0.896. The van der Waals surface area contributed by atoms with Gasteiger partial charge in [0, 0.05) is 24.7 Å². The Bertz CT molecular complexity index is 761. The van der Waals surface area contributed by atoms with E-state index in [1.807, 2.05) is 27.7 Å². The molecule has 8 nitrogen and oxygen atoms in total. The largest absolute Gasteiger partial charge is 0.444 e. The van der Waals surface area contributed by atoms with Crippen molar-refractivity contribution >= 4 is 6.09 Å². The summed E-state index contributed by atoms with van der Waals surface area (Å²) < 4.78 is 11.4. The minimum Gasteiger partial charge on any atom is -0.444 e. The standard InChI is InChI=1S/C18H27N5O3/c1-11-14(20-10-19-11)16-22-21-15(25-16)12-7-6-8-13(9-12)23(5)17(24)26-18(2,3)4/h10,12-13H,6-9H2,1-5H3,(H,19,20)/t12-,13+/m0/s1. The van der Waals surface area contributed by atoms with E-state index in [-0.39, 0.29) is 18.1 Å². The molecule has 1 N–H and O–H groups in total. The van der Waals surface area contributed by atoms with Gasteiger partial charge in [0.15, 0.2) is 0 Å². The van der Waals surface area contributed by atoms with E-state index in [1.54, 1.807) is 18.3 Å². The normalized spacial score (nSPS) is 20.8. The first-order chi connectivity index (χ1) is 12.2. The van der Waals surface area contributed by atoms with Crippen LogP contribution in [0.15, 0.2) is 10.7 Å². The fourth-order valence-corrected chi connectivity index (χ4v) is 3.29. The second kappa shape index (κ2) is 7.09. The summed E-state index contributed by atoms with van der Waals surface area (Å²) in [5.41, 5.74) is 1.08. The Morgan fingerprint density at radius 3 is 2.77 bits per heavy atom. The third-order valence-corrected chi connectivity index (χ3v) is 4.70. The van der Waals surface area contributed by atoms with Crippen LogP contribution in [0.1, 0.15) is 64.0 Å². The van der Waals surface area contributed by atoms with Crippen molar-refractivity contribution < 1.29 is 13.9 Å². The molecular formula is C18H27N5O3. The van der Waals surface area contributed by atoms with Gasteiger partial charge in [0.25, 0.3) is 5.89 Å². The second-order valence-corrected chi connectivity index (χ2v) is 7.93. The van der Waals surface area contributed by atoms with E-state index in [2.05, 4.69) is 20.2 Å².